The Balaban J connectivity index is 1.81. The summed E-state index contributed by atoms with van der Waals surface area (Å²) in [4.78, 5) is 11.9. The van der Waals surface area contributed by atoms with E-state index in [9.17, 15) is 9.18 Å². The Bertz CT molecular complexity index is 596. The van der Waals surface area contributed by atoms with Crippen LogP contribution in [0.2, 0.25) is 0 Å². The number of carbonyl (C=O) groups excluding carboxylic acids is 1. The van der Waals surface area contributed by atoms with Crippen molar-refractivity contribution in [3.05, 3.63) is 65.5 Å². The number of hydrogen-bond acceptors (Lipinski definition) is 2. The van der Waals surface area contributed by atoms with Gasteiger partial charge in [0.2, 0.25) is 5.91 Å². The van der Waals surface area contributed by atoms with Gasteiger partial charge >= 0.3 is 0 Å². The molecule has 0 aliphatic rings. The van der Waals surface area contributed by atoms with Crippen LogP contribution in [0.15, 0.2) is 48.5 Å². The minimum absolute atomic E-state index is 0.0852. The van der Waals surface area contributed by atoms with E-state index in [1.54, 1.807) is 12.1 Å². The average Bonchev–Trinajstić information content (AvgIpc) is 2.50. The van der Waals surface area contributed by atoms with Crippen molar-refractivity contribution >= 4 is 11.6 Å². The molecule has 0 heterocycles. The number of benzene rings is 2. The predicted octanol–water partition coefficient (Wildman–Crippen LogP) is 3.12. The van der Waals surface area contributed by atoms with Crippen LogP contribution in [0.1, 0.15) is 18.1 Å². The molecule has 0 unspecified atom stereocenters. The van der Waals surface area contributed by atoms with E-state index in [1.165, 1.54) is 12.1 Å². The normalized spacial score (nSPS) is 10.4. The molecule has 0 aliphatic carbocycles. The van der Waals surface area contributed by atoms with Gasteiger partial charge < -0.3 is 10.6 Å². The lowest BCUT2D eigenvalue weighted by atomic mass is 10.1. The van der Waals surface area contributed by atoms with Gasteiger partial charge in [-0.15, -0.1) is 0 Å². The summed E-state index contributed by atoms with van der Waals surface area (Å²) in [6.07, 6.45) is 0.874. The van der Waals surface area contributed by atoms with Crippen LogP contribution in [0.5, 0.6) is 0 Å². The monoisotopic (exact) mass is 286 g/mol. The van der Waals surface area contributed by atoms with Crippen LogP contribution < -0.4 is 10.6 Å². The number of carbonyl (C=O) groups is 1. The second-order valence-corrected chi connectivity index (χ2v) is 4.79. The molecule has 0 aliphatic heterocycles. The van der Waals surface area contributed by atoms with Crippen molar-refractivity contribution in [2.24, 2.45) is 0 Å². The quantitative estimate of drug-likeness (QED) is 0.856. The van der Waals surface area contributed by atoms with E-state index in [0.717, 1.165) is 23.2 Å². The highest BCUT2D eigenvalue weighted by Crippen LogP contribution is 2.14. The first-order valence-corrected chi connectivity index (χ1v) is 7.02. The minimum atomic E-state index is -0.257. The molecule has 4 heteroatoms. The number of nitrogens with one attached hydrogen (secondary N) is 2. The van der Waals surface area contributed by atoms with Crippen LogP contribution in [0, 0.1) is 5.82 Å². The number of hydrogen-bond donors (Lipinski definition) is 2. The maximum atomic E-state index is 12.8. The first-order chi connectivity index (χ1) is 10.2. The van der Waals surface area contributed by atoms with Crippen molar-refractivity contribution < 1.29 is 9.18 Å². The van der Waals surface area contributed by atoms with Gasteiger partial charge in [-0.3, -0.25) is 4.79 Å². The summed E-state index contributed by atoms with van der Waals surface area (Å²) < 4.78 is 12.8. The van der Waals surface area contributed by atoms with E-state index in [1.807, 2.05) is 24.3 Å². The second kappa shape index (κ2) is 7.55. The molecule has 0 saturated carbocycles. The van der Waals surface area contributed by atoms with E-state index in [2.05, 4.69) is 17.6 Å². The minimum Gasteiger partial charge on any atom is -0.325 e. The molecule has 0 saturated heterocycles. The van der Waals surface area contributed by atoms with Gasteiger partial charge in [-0.2, -0.15) is 0 Å². The third-order valence-electron chi connectivity index (χ3n) is 3.20. The van der Waals surface area contributed by atoms with Gasteiger partial charge in [0.05, 0.1) is 6.54 Å². The molecule has 2 N–H and O–H groups in total. The fourth-order valence-corrected chi connectivity index (χ4v) is 2.07. The van der Waals surface area contributed by atoms with Crippen LogP contribution in [0.25, 0.3) is 0 Å². The van der Waals surface area contributed by atoms with Gasteiger partial charge in [0, 0.05) is 12.2 Å². The third kappa shape index (κ3) is 4.68. The zero-order valence-corrected chi connectivity index (χ0v) is 12.0. The Hall–Kier alpha value is -2.20. The summed E-state index contributed by atoms with van der Waals surface area (Å²) in [5.41, 5.74) is 2.91. The average molecular weight is 286 g/mol. The summed E-state index contributed by atoms with van der Waals surface area (Å²) in [5.74, 6) is -0.342. The molecule has 2 aromatic carbocycles. The number of aryl methyl sites for hydroxylation is 1. The molecular formula is C17H19FN2O. The van der Waals surface area contributed by atoms with Gasteiger partial charge in [-0.05, 0) is 35.7 Å². The lowest BCUT2D eigenvalue weighted by molar-refractivity contribution is -0.115. The number of halogens is 1. The highest BCUT2D eigenvalue weighted by atomic mass is 19.1. The summed E-state index contributed by atoms with van der Waals surface area (Å²) in [6, 6.07) is 14.0. The molecule has 2 rings (SSSR count). The Labute approximate surface area is 124 Å². The molecule has 21 heavy (non-hydrogen) atoms. The topological polar surface area (TPSA) is 41.1 Å². The number of anilines is 1. The largest absolute Gasteiger partial charge is 0.325 e. The molecule has 0 radical (unpaired) electrons. The first kappa shape index (κ1) is 15.2. The van der Waals surface area contributed by atoms with Gasteiger partial charge in [-0.1, -0.05) is 37.3 Å². The Morgan fingerprint density at radius 3 is 2.52 bits per heavy atom. The summed E-state index contributed by atoms with van der Waals surface area (Å²) in [6.45, 7) is 2.80. The smallest absolute Gasteiger partial charge is 0.238 e. The van der Waals surface area contributed by atoms with Crippen molar-refractivity contribution in [1.29, 1.82) is 0 Å². The molecule has 0 aromatic heterocycles. The van der Waals surface area contributed by atoms with Crippen molar-refractivity contribution in [1.82, 2.24) is 5.32 Å². The number of rotatable bonds is 6. The highest BCUT2D eigenvalue weighted by molar-refractivity contribution is 5.92. The van der Waals surface area contributed by atoms with Crippen molar-refractivity contribution in [2.45, 2.75) is 19.9 Å². The van der Waals surface area contributed by atoms with Gasteiger partial charge in [0.25, 0.3) is 0 Å². The fraction of sp³-hybridized carbons (Fsp3) is 0.235. The molecule has 1 amide bonds. The van der Waals surface area contributed by atoms with E-state index in [4.69, 9.17) is 0 Å². The van der Waals surface area contributed by atoms with Gasteiger partial charge in [0.1, 0.15) is 5.82 Å². The molecule has 110 valence electrons. The SMILES string of the molecule is CCc1ccccc1NC(=O)CNCc1ccc(F)cc1. The first-order valence-electron chi connectivity index (χ1n) is 7.02. The summed E-state index contributed by atoms with van der Waals surface area (Å²) in [7, 11) is 0. The molecule has 0 atom stereocenters. The van der Waals surface area contributed by atoms with Crippen LogP contribution in [0.4, 0.5) is 10.1 Å². The lowest BCUT2D eigenvalue weighted by Crippen LogP contribution is -2.28. The lowest BCUT2D eigenvalue weighted by Gasteiger charge is -2.10. The zero-order valence-electron chi connectivity index (χ0n) is 12.0. The Morgan fingerprint density at radius 1 is 1.10 bits per heavy atom. The molecular weight excluding hydrogens is 267 g/mol. The van der Waals surface area contributed by atoms with E-state index >= 15 is 0 Å². The molecule has 2 aromatic rings. The zero-order chi connectivity index (χ0) is 15.1. The van der Waals surface area contributed by atoms with Crippen LogP contribution in [0.3, 0.4) is 0 Å². The molecule has 0 bridgehead atoms. The second-order valence-electron chi connectivity index (χ2n) is 4.79. The highest BCUT2D eigenvalue weighted by Gasteiger charge is 2.05. The van der Waals surface area contributed by atoms with E-state index < -0.39 is 0 Å². The predicted molar refractivity (Wildman–Crippen MR) is 82.6 cm³/mol. The maximum Gasteiger partial charge on any atom is 0.238 e. The third-order valence-corrected chi connectivity index (χ3v) is 3.20. The van der Waals surface area contributed by atoms with Gasteiger partial charge in [-0.25, -0.2) is 4.39 Å². The maximum absolute atomic E-state index is 12.8. The van der Waals surface area contributed by atoms with Crippen molar-refractivity contribution in [3.8, 4) is 0 Å². The fourth-order valence-electron chi connectivity index (χ4n) is 2.07. The number of para-hydroxylation sites is 1. The van der Waals surface area contributed by atoms with E-state index in [0.29, 0.717) is 6.54 Å². The standard InChI is InChI=1S/C17H19FN2O/c1-2-14-5-3-4-6-16(14)20-17(21)12-19-11-13-7-9-15(18)10-8-13/h3-10,19H,2,11-12H2,1H3,(H,20,21). The summed E-state index contributed by atoms with van der Waals surface area (Å²) in [5, 5.41) is 5.94. The van der Waals surface area contributed by atoms with Crippen LogP contribution in [-0.2, 0) is 17.8 Å². The van der Waals surface area contributed by atoms with Crippen molar-refractivity contribution in [2.75, 3.05) is 11.9 Å². The van der Waals surface area contributed by atoms with Crippen molar-refractivity contribution in [3.63, 3.8) is 0 Å². The molecule has 0 fully saturated rings. The summed E-state index contributed by atoms with van der Waals surface area (Å²) >= 11 is 0. The van der Waals surface area contributed by atoms with Crippen LogP contribution >= 0.6 is 0 Å². The Morgan fingerprint density at radius 2 is 1.81 bits per heavy atom. The van der Waals surface area contributed by atoms with Gasteiger partial charge in [0.15, 0.2) is 0 Å². The van der Waals surface area contributed by atoms with Crippen LogP contribution in [-0.4, -0.2) is 12.5 Å². The number of amides is 1. The Kier molecular flexibility index (Phi) is 5.46. The molecule has 3 nitrogen and oxygen atoms in total. The van der Waals surface area contributed by atoms with E-state index in [-0.39, 0.29) is 18.3 Å². The molecule has 0 spiro atoms.